The second kappa shape index (κ2) is 10.4. The summed E-state index contributed by atoms with van der Waals surface area (Å²) in [5.74, 6) is 1.12. The van der Waals surface area contributed by atoms with E-state index in [1.807, 2.05) is 45.0 Å². The molecule has 2 atom stereocenters. The van der Waals surface area contributed by atoms with Crippen LogP contribution in [0.5, 0.6) is 11.5 Å². The van der Waals surface area contributed by atoms with E-state index in [0.29, 0.717) is 18.0 Å². The van der Waals surface area contributed by atoms with E-state index < -0.39 is 0 Å². The zero-order chi connectivity index (χ0) is 24.2. The molecular weight excluding hydrogens is 421 g/mol. The summed E-state index contributed by atoms with van der Waals surface area (Å²) >= 11 is 0. The van der Waals surface area contributed by atoms with Crippen LogP contribution in [-0.2, 0) is 13.0 Å². The normalized spacial score (nSPS) is 17.1. The van der Waals surface area contributed by atoms with Crippen molar-refractivity contribution in [1.29, 1.82) is 0 Å². The highest BCUT2D eigenvalue weighted by Crippen LogP contribution is 2.40. The summed E-state index contributed by atoms with van der Waals surface area (Å²) < 4.78 is 24.6. The van der Waals surface area contributed by atoms with Gasteiger partial charge in [-0.1, -0.05) is 19.1 Å². The fourth-order valence-electron chi connectivity index (χ4n) is 4.45. The molecule has 0 bridgehead atoms. The first-order valence-electron chi connectivity index (χ1n) is 11.5. The molecule has 1 aliphatic heterocycles. The van der Waals surface area contributed by atoms with Crippen LogP contribution in [0, 0.1) is 5.82 Å². The Labute approximate surface area is 196 Å². The number of hydrogen-bond acceptors (Lipinski definition) is 4. The number of methoxy groups -OCH3 is 2. The van der Waals surface area contributed by atoms with Crippen LogP contribution in [0.25, 0.3) is 0 Å². The van der Waals surface area contributed by atoms with Crippen molar-refractivity contribution in [2.45, 2.75) is 64.7 Å². The first-order chi connectivity index (χ1) is 15.6. The van der Waals surface area contributed by atoms with E-state index in [1.165, 1.54) is 17.7 Å². The Morgan fingerprint density at radius 1 is 1.15 bits per heavy atom. The van der Waals surface area contributed by atoms with E-state index in [4.69, 9.17) is 9.47 Å². The monoisotopic (exact) mass is 457 g/mol. The molecule has 0 unspecified atom stereocenters. The summed E-state index contributed by atoms with van der Waals surface area (Å²) in [5.41, 5.74) is 2.99. The molecule has 2 aromatic carbocycles. The molecule has 2 aromatic rings. The highest BCUT2D eigenvalue weighted by molar-refractivity contribution is 5.75. The van der Waals surface area contributed by atoms with Crippen LogP contribution in [0.15, 0.2) is 36.4 Å². The van der Waals surface area contributed by atoms with Crippen molar-refractivity contribution in [3.63, 3.8) is 0 Å². The summed E-state index contributed by atoms with van der Waals surface area (Å²) in [6, 6.07) is 10.3. The summed E-state index contributed by atoms with van der Waals surface area (Å²) in [5, 5.41) is 6.20. The van der Waals surface area contributed by atoms with Crippen molar-refractivity contribution in [3.05, 3.63) is 58.9 Å². The highest BCUT2D eigenvalue weighted by atomic mass is 19.1. The lowest BCUT2D eigenvalue weighted by molar-refractivity contribution is 0.134. The number of ether oxygens (including phenoxy) is 2. The van der Waals surface area contributed by atoms with Gasteiger partial charge in [0.15, 0.2) is 11.5 Å². The van der Waals surface area contributed by atoms with E-state index in [1.54, 1.807) is 14.2 Å². The predicted octanol–water partition coefficient (Wildman–Crippen LogP) is 4.82. The van der Waals surface area contributed by atoms with Gasteiger partial charge in [-0.15, -0.1) is 0 Å². The minimum Gasteiger partial charge on any atom is -0.493 e. The molecule has 0 aromatic heterocycles. The summed E-state index contributed by atoms with van der Waals surface area (Å²) in [7, 11) is 3.27. The lowest BCUT2D eigenvalue weighted by atomic mass is 9.86. The maximum Gasteiger partial charge on any atom is 0.315 e. The van der Waals surface area contributed by atoms with Crippen LogP contribution in [0.2, 0.25) is 0 Å². The number of fused-ring (bicyclic) bond motifs is 1. The van der Waals surface area contributed by atoms with E-state index in [9.17, 15) is 9.18 Å². The molecule has 180 valence electrons. The fraction of sp³-hybridized carbons (Fsp3) is 0.500. The van der Waals surface area contributed by atoms with Gasteiger partial charge in [0.05, 0.1) is 26.3 Å². The molecule has 2 N–H and O–H groups in total. The molecular formula is C26H36FN3O3. The summed E-state index contributed by atoms with van der Waals surface area (Å²) in [6.45, 7) is 9.42. The molecule has 0 aliphatic carbocycles. The Kier molecular flexibility index (Phi) is 7.84. The number of hydrogen-bond donors (Lipinski definition) is 2. The zero-order valence-electron chi connectivity index (χ0n) is 20.5. The van der Waals surface area contributed by atoms with Gasteiger partial charge in [0.2, 0.25) is 0 Å². The van der Waals surface area contributed by atoms with Crippen LogP contribution < -0.4 is 20.1 Å². The van der Waals surface area contributed by atoms with E-state index in [-0.39, 0.29) is 29.5 Å². The molecule has 1 aliphatic rings. The van der Waals surface area contributed by atoms with Crippen LogP contribution in [0.1, 0.15) is 56.8 Å². The number of nitrogens with one attached hydrogen (secondary N) is 2. The standard InChI is InChI=1S/C26H36FN3O3/c1-7-21(28-25(31)29-26(2,3)4)24-20-15-23(33-6)22(32-5)14-18(20)12-13-30(24)16-17-8-10-19(27)11-9-17/h8-11,14-15,21,24H,7,12-13,16H2,1-6H3,(H2,28,29,31)/t21-,24+/m0/s1. The van der Waals surface area contributed by atoms with Gasteiger partial charge < -0.3 is 20.1 Å². The van der Waals surface area contributed by atoms with Gasteiger partial charge in [0.1, 0.15) is 5.82 Å². The molecule has 0 radical (unpaired) electrons. The maximum atomic E-state index is 13.5. The van der Waals surface area contributed by atoms with Gasteiger partial charge in [-0.2, -0.15) is 0 Å². The van der Waals surface area contributed by atoms with E-state index in [2.05, 4.69) is 22.5 Å². The number of halogens is 1. The Bertz CT molecular complexity index is 956. The third-order valence-electron chi connectivity index (χ3n) is 5.95. The number of rotatable bonds is 7. The third-order valence-corrected chi connectivity index (χ3v) is 5.95. The van der Waals surface area contributed by atoms with Gasteiger partial charge in [-0.05, 0) is 74.6 Å². The van der Waals surface area contributed by atoms with Gasteiger partial charge in [0.25, 0.3) is 0 Å². The molecule has 2 amide bonds. The van der Waals surface area contributed by atoms with Crippen molar-refractivity contribution in [2.75, 3.05) is 20.8 Å². The molecule has 0 spiro atoms. The Morgan fingerprint density at radius 3 is 2.36 bits per heavy atom. The first kappa shape index (κ1) is 24.8. The third kappa shape index (κ3) is 6.16. The highest BCUT2D eigenvalue weighted by Gasteiger charge is 2.35. The Balaban J connectivity index is 1.99. The number of carbonyl (C=O) groups excluding carboxylic acids is 1. The quantitative estimate of drug-likeness (QED) is 0.626. The van der Waals surface area contributed by atoms with Crippen LogP contribution in [0.3, 0.4) is 0 Å². The number of nitrogens with zero attached hydrogens (tertiary/aromatic N) is 1. The maximum absolute atomic E-state index is 13.5. The van der Waals surface area contributed by atoms with E-state index >= 15 is 0 Å². The lowest BCUT2D eigenvalue weighted by Crippen LogP contribution is -2.54. The summed E-state index contributed by atoms with van der Waals surface area (Å²) in [4.78, 5) is 15.1. The van der Waals surface area contributed by atoms with Crippen molar-refractivity contribution < 1.29 is 18.7 Å². The van der Waals surface area contributed by atoms with Gasteiger partial charge in [-0.25, -0.2) is 9.18 Å². The van der Waals surface area contributed by atoms with Crippen molar-refractivity contribution >= 4 is 6.03 Å². The van der Waals surface area contributed by atoms with Crippen molar-refractivity contribution in [2.24, 2.45) is 0 Å². The Morgan fingerprint density at radius 2 is 1.79 bits per heavy atom. The van der Waals surface area contributed by atoms with Crippen LogP contribution in [-0.4, -0.2) is 43.3 Å². The zero-order valence-corrected chi connectivity index (χ0v) is 20.5. The Hall–Kier alpha value is -2.80. The average Bonchev–Trinajstić information content (AvgIpc) is 2.77. The number of urea groups is 1. The molecule has 0 fully saturated rings. The second-order valence-corrected chi connectivity index (χ2v) is 9.56. The number of carbonyl (C=O) groups is 1. The second-order valence-electron chi connectivity index (χ2n) is 9.56. The van der Waals surface area contributed by atoms with Crippen molar-refractivity contribution in [3.8, 4) is 11.5 Å². The van der Waals surface area contributed by atoms with Crippen LogP contribution in [0.4, 0.5) is 9.18 Å². The van der Waals surface area contributed by atoms with Gasteiger partial charge in [0, 0.05) is 18.6 Å². The smallest absolute Gasteiger partial charge is 0.315 e. The number of benzene rings is 2. The fourth-order valence-corrected chi connectivity index (χ4v) is 4.45. The minimum atomic E-state index is -0.336. The molecule has 1 heterocycles. The first-order valence-corrected chi connectivity index (χ1v) is 11.5. The molecule has 0 saturated carbocycles. The summed E-state index contributed by atoms with van der Waals surface area (Å²) in [6.07, 6.45) is 1.59. The van der Waals surface area contributed by atoms with Gasteiger partial charge in [-0.3, -0.25) is 4.90 Å². The largest absolute Gasteiger partial charge is 0.493 e. The molecule has 3 rings (SSSR count). The lowest BCUT2D eigenvalue weighted by Gasteiger charge is -2.42. The predicted molar refractivity (Wildman–Crippen MR) is 128 cm³/mol. The SMILES string of the molecule is CC[C@H](NC(=O)NC(C)(C)C)[C@H]1c2cc(OC)c(OC)cc2CCN1Cc1ccc(F)cc1. The minimum absolute atomic E-state index is 0.0747. The molecule has 6 nitrogen and oxygen atoms in total. The topological polar surface area (TPSA) is 62.8 Å². The molecule has 33 heavy (non-hydrogen) atoms. The van der Waals surface area contributed by atoms with Crippen LogP contribution >= 0.6 is 0 Å². The molecule has 7 heteroatoms. The van der Waals surface area contributed by atoms with E-state index in [0.717, 1.165) is 30.5 Å². The molecule has 0 saturated heterocycles. The van der Waals surface area contributed by atoms with Crippen molar-refractivity contribution in [1.82, 2.24) is 15.5 Å². The van der Waals surface area contributed by atoms with Gasteiger partial charge >= 0.3 is 6.03 Å². The average molecular weight is 458 g/mol. The number of amides is 2.